The van der Waals surface area contributed by atoms with E-state index in [4.69, 9.17) is 4.74 Å². The number of piperidine rings is 1. The molecular formula is C13H13N3O4. The molecule has 0 radical (unpaired) electrons. The van der Waals surface area contributed by atoms with E-state index >= 15 is 0 Å². The first-order valence-corrected chi connectivity index (χ1v) is 6.29. The van der Waals surface area contributed by atoms with E-state index < -0.39 is 12.0 Å². The third kappa shape index (κ3) is 2.11. The fourth-order valence-electron chi connectivity index (χ4n) is 2.30. The fourth-order valence-corrected chi connectivity index (χ4v) is 2.30. The minimum Gasteiger partial charge on any atom is -0.479 e. The van der Waals surface area contributed by atoms with Crippen molar-refractivity contribution < 1.29 is 19.1 Å². The molecule has 1 N–H and O–H groups in total. The highest BCUT2D eigenvalue weighted by Crippen LogP contribution is 2.24. The summed E-state index contributed by atoms with van der Waals surface area (Å²) in [5, 5.41) is 2.22. The lowest BCUT2D eigenvalue weighted by molar-refractivity contribution is -0.138. The Morgan fingerprint density at radius 3 is 2.95 bits per heavy atom. The Hall–Kier alpha value is -2.44. The van der Waals surface area contributed by atoms with E-state index in [0.717, 1.165) is 0 Å². The van der Waals surface area contributed by atoms with Gasteiger partial charge in [0.15, 0.2) is 6.10 Å². The molecule has 1 unspecified atom stereocenters. The lowest BCUT2D eigenvalue weighted by Gasteiger charge is -2.21. The molecule has 7 heteroatoms. The van der Waals surface area contributed by atoms with E-state index in [0.29, 0.717) is 30.0 Å². The maximum absolute atomic E-state index is 11.9. The van der Waals surface area contributed by atoms with Gasteiger partial charge in [0.25, 0.3) is 11.8 Å². The van der Waals surface area contributed by atoms with Crippen LogP contribution in [0.15, 0.2) is 12.3 Å². The SMILES string of the molecule is CN1Cc2ncc(OC3CCC(=O)NC3=O)cc2C1=O. The van der Waals surface area contributed by atoms with Gasteiger partial charge in [0.2, 0.25) is 5.91 Å². The van der Waals surface area contributed by atoms with Crippen LogP contribution in [-0.2, 0) is 16.1 Å². The zero-order chi connectivity index (χ0) is 14.3. The molecule has 20 heavy (non-hydrogen) atoms. The average molecular weight is 275 g/mol. The van der Waals surface area contributed by atoms with Gasteiger partial charge >= 0.3 is 0 Å². The normalized spacial score (nSPS) is 21.8. The lowest BCUT2D eigenvalue weighted by atomic mass is 10.1. The van der Waals surface area contributed by atoms with Crippen LogP contribution in [0.4, 0.5) is 0 Å². The number of carbonyl (C=O) groups excluding carboxylic acids is 3. The first-order valence-electron chi connectivity index (χ1n) is 6.29. The third-order valence-electron chi connectivity index (χ3n) is 3.38. The first-order chi connectivity index (χ1) is 9.54. The highest BCUT2D eigenvalue weighted by atomic mass is 16.5. The molecule has 0 saturated carbocycles. The van der Waals surface area contributed by atoms with Crippen molar-refractivity contribution in [3.63, 3.8) is 0 Å². The second kappa shape index (κ2) is 4.59. The van der Waals surface area contributed by atoms with Crippen molar-refractivity contribution in [1.82, 2.24) is 15.2 Å². The Morgan fingerprint density at radius 1 is 1.40 bits per heavy atom. The highest BCUT2D eigenvalue weighted by molar-refractivity contribution is 6.00. The minimum atomic E-state index is -0.721. The zero-order valence-corrected chi connectivity index (χ0v) is 10.9. The smallest absolute Gasteiger partial charge is 0.267 e. The zero-order valence-electron chi connectivity index (χ0n) is 10.9. The van der Waals surface area contributed by atoms with Crippen molar-refractivity contribution in [3.8, 4) is 5.75 Å². The van der Waals surface area contributed by atoms with Gasteiger partial charge in [0.05, 0.1) is 24.0 Å². The molecular weight excluding hydrogens is 262 g/mol. The monoisotopic (exact) mass is 275 g/mol. The highest BCUT2D eigenvalue weighted by Gasteiger charge is 2.30. The molecule has 0 bridgehead atoms. The molecule has 3 amide bonds. The molecule has 3 heterocycles. The Labute approximate surface area is 114 Å². The maximum Gasteiger partial charge on any atom is 0.267 e. The molecule has 2 aliphatic rings. The van der Waals surface area contributed by atoms with Gasteiger partial charge in [-0.05, 0) is 6.07 Å². The predicted molar refractivity (Wildman–Crippen MR) is 66.8 cm³/mol. The molecule has 7 nitrogen and oxygen atoms in total. The van der Waals surface area contributed by atoms with Gasteiger partial charge in [-0.3, -0.25) is 24.7 Å². The van der Waals surface area contributed by atoms with E-state index in [1.165, 1.54) is 6.20 Å². The van der Waals surface area contributed by atoms with Crippen LogP contribution in [0, 0.1) is 0 Å². The summed E-state index contributed by atoms with van der Waals surface area (Å²) in [6.07, 6.45) is 1.35. The van der Waals surface area contributed by atoms with Gasteiger partial charge in [-0.1, -0.05) is 0 Å². The van der Waals surface area contributed by atoms with E-state index in [2.05, 4.69) is 10.3 Å². The van der Waals surface area contributed by atoms with Crippen molar-refractivity contribution in [3.05, 3.63) is 23.5 Å². The molecule has 0 aromatic carbocycles. The summed E-state index contributed by atoms with van der Waals surface area (Å²) in [4.78, 5) is 40.3. The molecule has 0 spiro atoms. The number of pyridine rings is 1. The molecule has 1 saturated heterocycles. The number of hydrogen-bond donors (Lipinski definition) is 1. The average Bonchev–Trinajstić information content (AvgIpc) is 2.69. The Balaban J connectivity index is 1.78. The molecule has 1 fully saturated rings. The number of amides is 3. The number of hydrogen-bond acceptors (Lipinski definition) is 5. The second-order valence-corrected chi connectivity index (χ2v) is 4.88. The molecule has 3 rings (SSSR count). The van der Waals surface area contributed by atoms with Crippen LogP contribution in [0.5, 0.6) is 5.75 Å². The van der Waals surface area contributed by atoms with Crippen LogP contribution in [0.25, 0.3) is 0 Å². The number of fused-ring (bicyclic) bond motifs is 1. The van der Waals surface area contributed by atoms with Gasteiger partial charge in [0.1, 0.15) is 5.75 Å². The van der Waals surface area contributed by atoms with Crippen molar-refractivity contribution in [2.45, 2.75) is 25.5 Å². The number of rotatable bonds is 2. The van der Waals surface area contributed by atoms with Crippen LogP contribution in [-0.4, -0.2) is 40.8 Å². The van der Waals surface area contributed by atoms with Gasteiger partial charge in [-0.25, -0.2) is 0 Å². The van der Waals surface area contributed by atoms with Crippen LogP contribution >= 0.6 is 0 Å². The summed E-state index contributed by atoms with van der Waals surface area (Å²) in [7, 11) is 1.70. The molecule has 1 aromatic rings. The van der Waals surface area contributed by atoms with Crippen LogP contribution in [0.3, 0.4) is 0 Å². The lowest BCUT2D eigenvalue weighted by Crippen LogP contribution is -2.46. The number of carbonyl (C=O) groups is 3. The topological polar surface area (TPSA) is 88.6 Å². The molecule has 0 aliphatic carbocycles. The number of nitrogens with one attached hydrogen (secondary N) is 1. The van der Waals surface area contributed by atoms with E-state index in [1.54, 1.807) is 18.0 Å². The van der Waals surface area contributed by atoms with Gasteiger partial charge < -0.3 is 9.64 Å². The van der Waals surface area contributed by atoms with Crippen molar-refractivity contribution in [2.24, 2.45) is 0 Å². The Morgan fingerprint density at radius 2 is 2.20 bits per heavy atom. The summed E-state index contributed by atoms with van der Waals surface area (Å²) in [6, 6.07) is 1.60. The van der Waals surface area contributed by atoms with Gasteiger partial charge in [0, 0.05) is 19.9 Å². The largest absolute Gasteiger partial charge is 0.479 e. The van der Waals surface area contributed by atoms with Crippen molar-refractivity contribution in [1.29, 1.82) is 0 Å². The second-order valence-electron chi connectivity index (χ2n) is 4.88. The fraction of sp³-hybridized carbons (Fsp3) is 0.385. The van der Waals surface area contributed by atoms with Crippen molar-refractivity contribution in [2.75, 3.05) is 7.05 Å². The Bertz CT molecular complexity index is 614. The van der Waals surface area contributed by atoms with Gasteiger partial charge in [-0.15, -0.1) is 0 Å². The molecule has 104 valence electrons. The van der Waals surface area contributed by atoms with Crippen LogP contribution < -0.4 is 10.1 Å². The summed E-state index contributed by atoms with van der Waals surface area (Å²) in [6.45, 7) is 0.479. The summed E-state index contributed by atoms with van der Waals surface area (Å²) >= 11 is 0. The summed E-state index contributed by atoms with van der Waals surface area (Å²) in [5.74, 6) is -0.493. The molecule has 1 aromatic heterocycles. The van der Waals surface area contributed by atoms with E-state index in [-0.39, 0.29) is 18.2 Å². The van der Waals surface area contributed by atoms with Crippen LogP contribution in [0.1, 0.15) is 28.9 Å². The van der Waals surface area contributed by atoms with E-state index in [1.807, 2.05) is 0 Å². The standard InChI is InChI=1S/C13H13N3O4/c1-16-6-9-8(13(16)19)4-7(5-14-9)20-10-2-3-11(17)15-12(10)18/h4-5,10H,2-3,6H2,1H3,(H,15,17,18). The molecule has 1 atom stereocenters. The Kier molecular flexibility index (Phi) is 2.89. The molecule has 2 aliphatic heterocycles. The number of aromatic nitrogens is 1. The van der Waals surface area contributed by atoms with Crippen LogP contribution in [0.2, 0.25) is 0 Å². The van der Waals surface area contributed by atoms with Gasteiger partial charge in [-0.2, -0.15) is 0 Å². The third-order valence-corrected chi connectivity index (χ3v) is 3.38. The predicted octanol–water partition coefficient (Wildman–Crippen LogP) is -0.149. The number of ether oxygens (including phenoxy) is 1. The minimum absolute atomic E-state index is 0.110. The number of nitrogens with zero attached hydrogens (tertiary/aromatic N) is 2. The first kappa shape index (κ1) is 12.6. The maximum atomic E-state index is 11.9. The van der Waals surface area contributed by atoms with Crippen molar-refractivity contribution >= 4 is 17.7 Å². The summed E-state index contributed by atoms with van der Waals surface area (Å²) < 4.78 is 5.53. The number of imide groups is 1. The van der Waals surface area contributed by atoms with E-state index in [9.17, 15) is 14.4 Å². The quantitative estimate of drug-likeness (QED) is 0.758. The summed E-state index contributed by atoms with van der Waals surface area (Å²) in [5.41, 5.74) is 1.20.